The fourth-order valence-electron chi connectivity index (χ4n) is 3.87. The van der Waals surface area contributed by atoms with Crippen molar-refractivity contribution in [1.29, 1.82) is 0 Å². The summed E-state index contributed by atoms with van der Waals surface area (Å²) in [4.78, 5) is 26.1. The molecule has 4 aromatic rings. The van der Waals surface area contributed by atoms with Crippen LogP contribution in [-0.2, 0) is 11.2 Å². The molecule has 0 spiro atoms. The third-order valence-electron chi connectivity index (χ3n) is 5.55. The van der Waals surface area contributed by atoms with E-state index >= 15 is 0 Å². The summed E-state index contributed by atoms with van der Waals surface area (Å²) in [6, 6.07) is 13.5. The van der Waals surface area contributed by atoms with Crippen molar-refractivity contribution in [3.63, 3.8) is 0 Å². The summed E-state index contributed by atoms with van der Waals surface area (Å²) in [6.45, 7) is 0.0206. The van der Waals surface area contributed by atoms with Crippen LogP contribution in [0.4, 0.5) is 4.39 Å². The summed E-state index contributed by atoms with van der Waals surface area (Å²) in [6.07, 6.45) is -0.176. The number of carbonyl (C=O) groups is 2. The van der Waals surface area contributed by atoms with Crippen LogP contribution in [0.15, 0.2) is 60.2 Å². The Morgan fingerprint density at radius 2 is 1.75 bits per heavy atom. The zero-order valence-electron chi connectivity index (χ0n) is 19.2. The van der Waals surface area contributed by atoms with Gasteiger partial charge in [-0.2, -0.15) is 8.75 Å². The standard InChI is InChI=1S/C25H17FN2O6S.Na/c1-32-20-6-2-13(9-17(20)26)8-16(24(29)15-4-7-21-22(11-15)34-12-33-21)23(25(30)31)14-3-5-18-19(10-14)28-35-27-18;/h2-7,9-11H,8,12H2,1H3,(H,30,31);/q;+1/p-1/b23-16+;. The van der Waals surface area contributed by atoms with Crippen LogP contribution in [0.1, 0.15) is 21.5 Å². The molecule has 0 amide bonds. The molecule has 0 aliphatic carbocycles. The van der Waals surface area contributed by atoms with Crippen molar-refractivity contribution in [3.8, 4) is 17.2 Å². The smallest absolute Gasteiger partial charge is 0.545 e. The molecule has 3 aromatic carbocycles. The minimum absolute atomic E-state index is 0. The second kappa shape index (κ2) is 10.8. The van der Waals surface area contributed by atoms with Crippen molar-refractivity contribution in [2.24, 2.45) is 0 Å². The topological polar surface area (TPSA) is 111 Å². The Labute approximate surface area is 230 Å². The molecule has 1 aliphatic rings. The van der Waals surface area contributed by atoms with Gasteiger partial charge in [0.2, 0.25) is 6.79 Å². The predicted octanol–water partition coefficient (Wildman–Crippen LogP) is 0.201. The molecule has 0 fully saturated rings. The number of fused-ring (bicyclic) bond motifs is 2. The number of aliphatic carboxylic acids is 1. The van der Waals surface area contributed by atoms with E-state index in [9.17, 15) is 19.1 Å². The Balaban J connectivity index is 0.00000304. The largest absolute Gasteiger partial charge is 1.00 e. The molecule has 0 atom stereocenters. The summed E-state index contributed by atoms with van der Waals surface area (Å²) in [5, 5.41) is 12.4. The molecular formula is C25H16FN2NaO6S. The van der Waals surface area contributed by atoms with Crippen LogP contribution >= 0.6 is 11.7 Å². The van der Waals surface area contributed by atoms with Gasteiger partial charge in [-0.1, -0.05) is 12.1 Å². The number of methoxy groups -OCH3 is 1. The van der Waals surface area contributed by atoms with Gasteiger partial charge in [0, 0.05) is 23.1 Å². The van der Waals surface area contributed by atoms with E-state index in [1.807, 2.05) is 0 Å². The zero-order valence-corrected chi connectivity index (χ0v) is 22.1. The average molecular weight is 514 g/mol. The number of Topliss-reactive ketones (excluding diaryl/α,β-unsaturated/α-hetero) is 1. The molecule has 5 rings (SSSR count). The van der Waals surface area contributed by atoms with Gasteiger partial charge in [-0.3, -0.25) is 4.79 Å². The molecule has 1 aliphatic heterocycles. The Hall–Kier alpha value is -3.31. The first-order chi connectivity index (χ1) is 16.9. The molecule has 36 heavy (non-hydrogen) atoms. The SMILES string of the molecule is COc1ccc(C/C(C(=O)c2ccc3c(c2)OCO3)=C(\C(=O)[O-])c2ccc3nsnc3c2)cc1F.[Na+]. The van der Waals surface area contributed by atoms with Crippen molar-refractivity contribution < 1.29 is 62.9 Å². The van der Waals surface area contributed by atoms with Crippen LogP contribution in [0, 0.1) is 5.82 Å². The zero-order chi connectivity index (χ0) is 24.5. The Morgan fingerprint density at radius 1 is 1.00 bits per heavy atom. The van der Waals surface area contributed by atoms with Gasteiger partial charge in [0.15, 0.2) is 28.8 Å². The minimum atomic E-state index is -1.55. The third-order valence-corrected chi connectivity index (χ3v) is 6.11. The maximum Gasteiger partial charge on any atom is 1.00 e. The monoisotopic (exact) mass is 514 g/mol. The second-order valence-electron chi connectivity index (χ2n) is 7.65. The minimum Gasteiger partial charge on any atom is -0.545 e. The van der Waals surface area contributed by atoms with E-state index < -0.39 is 17.6 Å². The van der Waals surface area contributed by atoms with Gasteiger partial charge in [0.05, 0.1) is 24.8 Å². The number of rotatable bonds is 7. The summed E-state index contributed by atoms with van der Waals surface area (Å²) in [5.41, 5.74) is 1.46. The Kier molecular flexibility index (Phi) is 7.70. The van der Waals surface area contributed by atoms with Crippen molar-refractivity contribution in [2.45, 2.75) is 6.42 Å². The molecule has 0 N–H and O–H groups in total. The van der Waals surface area contributed by atoms with Crippen molar-refractivity contribution in [3.05, 3.63) is 82.7 Å². The van der Waals surface area contributed by atoms with Crippen LogP contribution in [0.25, 0.3) is 16.6 Å². The first kappa shape index (κ1) is 25.8. The fraction of sp³-hybridized carbons (Fsp3) is 0.120. The van der Waals surface area contributed by atoms with E-state index in [0.717, 1.165) is 11.7 Å². The summed E-state index contributed by atoms with van der Waals surface area (Å²) in [7, 11) is 1.34. The number of halogens is 1. The number of carbonyl (C=O) groups excluding carboxylic acids is 2. The first-order valence-corrected chi connectivity index (χ1v) is 11.1. The maximum atomic E-state index is 14.4. The number of aromatic nitrogens is 2. The van der Waals surface area contributed by atoms with Gasteiger partial charge in [0.25, 0.3) is 0 Å². The Bertz CT molecular complexity index is 1520. The van der Waals surface area contributed by atoms with Crippen LogP contribution in [0.5, 0.6) is 17.2 Å². The molecule has 11 heteroatoms. The number of hydrogen-bond donors (Lipinski definition) is 0. The number of carboxylic acid groups (broad SMARTS) is 1. The van der Waals surface area contributed by atoms with Gasteiger partial charge in [-0.05, 0) is 53.6 Å². The first-order valence-electron chi connectivity index (χ1n) is 10.4. The molecule has 2 heterocycles. The predicted molar refractivity (Wildman–Crippen MR) is 123 cm³/mol. The molecule has 176 valence electrons. The molecule has 0 saturated heterocycles. The number of benzene rings is 3. The van der Waals surface area contributed by atoms with Crippen LogP contribution in [0.3, 0.4) is 0 Å². The summed E-state index contributed by atoms with van der Waals surface area (Å²) in [5.74, 6) is -1.88. The number of hydrogen-bond acceptors (Lipinski definition) is 9. The van der Waals surface area contributed by atoms with Gasteiger partial charge in [-0.15, -0.1) is 0 Å². The van der Waals surface area contributed by atoms with E-state index in [1.54, 1.807) is 18.2 Å². The second-order valence-corrected chi connectivity index (χ2v) is 8.18. The van der Waals surface area contributed by atoms with E-state index in [-0.39, 0.29) is 70.8 Å². The molecule has 0 saturated carbocycles. The Morgan fingerprint density at radius 3 is 2.50 bits per heavy atom. The summed E-state index contributed by atoms with van der Waals surface area (Å²) < 4.78 is 38.3. The molecule has 0 radical (unpaired) electrons. The molecular weight excluding hydrogens is 498 g/mol. The van der Waals surface area contributed by atoms with Gasteiger partial charge in [-0.25, -0.2) is 4.39 Å². The number of allylic oxidation sites excluding steroid dienone is 1. The van der Waals surface area contributed by atoms with Crippen molar-refractivity contribution in [2.75, 3.05) is 13.9 Å². The number of ether oxygens (including phenoxy) is 3. The van der Waals surface area contributed by atoms with Crippen LogP contribution < -0.4 is 48.9 Å². The van der Waals surface area contributed by atoms with Gasteiger partial charge < -0.3 is 24.1 Å². The molecule has 0 bridgehead atoms. The van der Waals surface area contributed by atoms with Crippen LogP contribution in [0.2, 0.25) is 0 Å². The number of nitrogens with zero attached hydrogens (tertiary/aromatic N) is 2. The van der Waals surface area contributed by atoms with Crippen molar-refractivity contribution in [1.82, 2.24) is 8.75 Å². The normalized spacial score (nSPS) is 12.6. The molecule has 8 nitrogen and oxygen atoms in total. The number of carboxylic acids is 1. The maximum absolute atomic E-state index is 14.4. The summed E-state index contributed by atoms with van der Waals surface area (Å²) >= 11 is 0.987. The van der Waals surface area contributed by atoms with Gasteiger partial charge in [0.1, 0.15) is 11.0 Å². The third kappa shape index (κ3) is 4.98. The number of ketones is 1. The van der Waals surface area contributed by atoms with Gasteiger partial charge >= 0.3 is 29.6 Å². The molecule has 1 aromatic heterocycles. The fourth-order valence-corrected chi connectivity index (χ4v) is 4.39. The van der Waals surface area contributed by atoms with Crippen LogP contribution in [-0.4, -0.2) is 34.4 Å². The van der Waals surface area contributed by atoms with E-state index in [0.29, 0.717) is 28.1 Å². The molecule has 0 unspecified atom stereocenters. The quantitative estimate of drug-likeness (QED) is 0.196. The van der Waals surface area contributed by atoms with E-state index in [4.69, 9.17) is 14.2 Å². The average Bonchev–Trinajstić information content (AvgIpc) is 3.51. The van der Waals surface area contributed by atoms with Crippen molar-refractivity contribution >= 4 is 40.1 Å². The van der Waals surface area contributed by atoms with E-state index in [2.05, 4.69) is 8.75 Å². The van der Waals surface area contributed by atoms with E-state index in [1.165, 1.54) is 43.5 Å².